The van der Waals surface area contributed by atoms with Crippen LogP contribution in [0.15, 0.2) is 33.9 Å². The van der Waals surface area contributed by atoms with Gasteiger partial charge in [0, 0.05) is 5.56 Å². The Morgan fingerprint density at radius 3 is 2.38 bits per heavy atom. The fourth-order valence-electron chi connectivity index (χ4n) is 4.14. The number of amides is 1. The third-order valence-electron chi connectivity index (χ3n) is 6.11. The van der Waals surface area contributed by atoms with Gasteiger partial charge in [-0.3, -0.25) is 14.2 Å². The van der Waals surface area contributed by atoms with Crippen LogP contribution >= 0.6 is 11.3 Å². The van der Waals surface area contributed by atoms with Crippen LogP contribution in [0.1, 0.15) is 61.5 Å². The van der Waals surface area contributed by atoms with Crippen molar-refractivity contribution in [3.8, 4) is 5.75 Å². The summed E-state index contributed by atoms with van der Waals surface area (Å²) in [6, 6.07) is 7.28. The molecule has 0 aliphatic rings. The molecule has 37 heavy (non-hydrogen) atoms. The summed E-state index contributed by atoms with van der Waals surface area (Å²) in [4.78, 5) is 53.0. The van der Waals surface area contributed by atoms with Gasteiger partial charge < -0.3 is 19.9 Å². The minimum atomic E-state index is -1.64. The maximum Gasteiger partial charge on any atom is 0.348 e. The third-order valence-corrected chi connectivity index (χ3v) is 7.40. The molecule has 1 amide bonds. The normalized spacial score (nSPS) is 12.6. The van der Waals surface area contributed by atoms with Crippen LogP contribution in [0.4, 0.5) is 0 Å². The highest BCUT2D eigenvalue weighted by atomic mass is 32.1. The Balaban J connectivity index is 2.41. The number of benzene rings is 1. The molecule has 11 heteroatoms. The van der Waals surface area contributed by atoms with E-state index in [0.29, 0.717) is 16.9 Å². The number of carbonyl (C=O) groups excluding carboxylic acids is 2. The van der Waals surface area contributed by atoms with E-state index in [2.05, 4.69) is 0 Å². The van der Waals surface area contributed by atoms with Gasteiger partial charge in [-0.15, -0.1) is 11.3 Å². The number of rotatable bonds is 10. The lowest BCUT2D eigenvalue weighted by Crippen LogP contribution is -2.54. The molecule has 0 saturated heterocycles. The zero-order chi connectivity index (χ0) is 27.7. The third kappa shape index (κ3) is 5.19. The average molecular weight is 532 g/mol. The molecular weight excluding hydrogens is 498 g/mol. The van der Waals surface area contributed by atoms with E-state index < -0.39 is 34.8 Å². The highest BCUT2D eigenvalue weighted by Crippen LogP contribution is 2.33. The predicted octanol–water partition coefficient (Wildman–Crippen LogP) is 3.11. The van der Waals surface area contributed by atoms with Crippen LogP contribution in [-0.2, 0) is 26.4 Å². The molecule has 1 aromatic carbocycles. The molecule has 2 N–H and O–H groups in total. The number of fused-ring (bicyclic) bond motifs is 1. The molecule has 0 saturated carbocycles. The molecule has 0 bridgehead atoms. The van der Waals surface area contributed by atoms with Crippen LogP contribution in [0, 0.1) is 6.92 Å². The van der Waals surface area contributed by atoms with E-state index in [-0.39, 0.29) is 34.3 Å². The van der Waals surface area contributed by atoms with Crippen molar-refractivity contribution in [1.82, 2.24) is 9.13 Å². The van der Waals surface area contributed by atoms with E-state index in [9.17, 15) is 19.2 Å². The number of aromatic nitrogens is 2. The number of methoxy groups -OCH3 is 1. The van der Waals surface area contributed by atoms with Crippen molar-refractivity contribution in [3.63, 3.8) is 0 Å². The van der Waals surface area contributed by atoms with Crippen LogP contribution < -0.4 is 21.7 Å². The lowest BCUT2D eigenvalue weighted by atomic mass is 10.0. The number of thiophene rings is 1. The number of primary amides is 1. The Hall–Kier alpha value is -3.44. The van der Waals surface area contributed by atoms with Crippen molar-refractivity contribution < 1.29 is 23.8 Å². The van der Waals surface area contributed by atoms with Gasteiger partial charge in [0.15, 0.2) is 0 Å². The fraction of sp³-hybridized carbons (Fsp3) is 0.462. The molecular formula is C26H33N3O7S. The monoisotopic (exact) mass is 531 g/mol. The second-order valence-corrected chi connectivity index (χ2v) is 10.3. The van der Waals surface area contributed by atoms with Gasteiger partial charge in [0.25, 0.3) is 5.56 Å². The van der Waals surface area contributed by atoms with Crippen molar-refractivity contribution >= 4 is 33.4 Å². The number of nitrogens with two attached hydrogens (primary N) is 1. The number of para-hydroxylation sites is 1. The smallest absolute Gasteiger partial charge is 0.348 e. The molecule has 3 rings (SSSR count). The van der Waals surface area contributed by atoms with Crippen molar-refractivity contribution in [3.05, 3.63) is 61.1 Å². The summed E-state index contributed by atoms with van der Waals surface area (Å²) in [5.74, 6) is -0.881. The van der Waals surface area contributed by atoms with Gasteiger partial charge in [0.05, 0.1) is 31.8 Å². The second kappa shape index (κ2) is 10.9. The van der Waals surface area contributed by atoms with E-state index in [1.807, 2.05) is 32.0 Å². The Bertz CT molecular complexity index is 1450. The van der Waals surface area contributed by atoms with Gasteiger partial charge in [0.2, 0.25) is 5.91 Å². The zero-order valence-electron chi connectivity index (χ0n) is 22.1. The number of hydrogen-bond acceptors (Lipinski definition) is 8. The van der Waals surface area contributed by atoms with Crippen molar-refractivity contribution in [2.24, 2.45) is 5.73 Å². The predicted molar refractivity (Wildman–Crippen MR) is 142 cm³/mol. The first-order valence-electron chi connectivity index (χ1n) is 11.9. The molecule has 1 atom stereocenters. The largest absolute Gasteiger partial charge is 0.496 e. The second-order valence-electron chi connectivity index (χ2n) is 9.33. The summed E-state index contributed by atoms with van der Waals surface area (Å²) >= 11 is 0.993. The molecule has 0 aliphatic carbocycles. The minimum Gasteiger partial charge on any atom is -0.496 e. The average Bonchev–Trinajstić information content (AvgIpc) is 3.18. The highest BCUT2D eigenvalue weighted by Gasteiger charge is 2.35. The number of carbonyl (C=O) groups is 2. The SMILES string of the molecule is CCOC(=O)c1sc2c(c1C)c(=O)n(C(C)(C)C(N)=O)c(=O)n2C[C@H](OC(C)C)c1ccccc1OC. The van der Waals surface area contributed by atoms with Crippen molar-refractivity contribution in [1.29, 1.82) is 0 Å². The van der Waals surface area contributed by atoms with Crippen LogP contribution in [-0.4, -0.2) is 40.8 Å². The van der Waals surface area contributed by atoms with E-state index >= 15 is 0 Å². The molecule has 200 valence electrons. The van der Waals surface area contributed by atoms with Crippen molar-refractivity contribution in [2.45, 2.75) is 65.8 Å². The molecule has 10 nitrogen and oxygen atoms in total. The Morgan fingerprint density at radius 2 is 1.81 bits per heavy atom. The molecule has 2 heterocycles. The van der Waals surface area contributed by atoms with E-state index in [0.717, 1.165) is 15.9 Å². The molecule has 0 unspecified atom stereocenters. The number of esters is 1. The van der Waals surface area contributed by atoms with Gasteiger partial charge in [-0.1, -0.05) is 18.2 Å². The number of ether oxygens (including phenoxy) is 3. The van der Waals surface area contributed by atoms with Gasteiger partial charge in [-0.2, -0.15) is 0 Å². The first-order chi connectivity index (χ1) is 17.4. The molecule has 0 fully saturated rings. The van der Waals surface area contributed by atoms with E-state index in [1.54, 1.807) is 27.0 Å². The van der Waals surface area contributed by atoms with E-state index in [4.69, 9.17) is 19.9 Å². The quantitative estimate of drug-likeness (QED) is 0.398. The number of nitrogens with zero attached hydrogens (tertiary/aromatic N) is 2. The van der Waals surface area contributed by atoms with Crippen LogP contribution in [0.25, 0.3) is 10.2 Å². The topological polar surface area (TPSA) is 132 Å². The Kier molecular flexibility index (Phi) is 8.28. The maximum absolute atomic E-state index is 13.9. The van der Waals surface area contributed by atoms with Gasteiger partial charge in [-0.25, -0.2) is 14.2 Å². The summed E-state index contributed by atoms with van der Waals surface area (Å²) in [6.07, 6.45) is -0.873. The summed E-state index contributed by atoms with van der Waals surface area (Å²) < 4.78 is 19.1. The number of hydrogen-bond donors (Lipinski definition) is 1. The standard InChI is InChI=1S/C26H33N3O7S/c1-8-35-23(31)20-15(4)19-21(30)29(26(5,6)24(27)32)25(33)28(22(19)37-20)13-18(36-14(2)3)16-11-9-10-12-17(16)34-7/h9-12,14,18H,8,13H2,1-7H3,(H2,27,32)/t18-/m0/s1. The lowest BCUT2D eigenvalue weighted by molar-refractivity contribution is -0.125. The van der Waals surface area contributed by atoms with Crippen LogP contribution in [0.5, 0.6) is 5.75 Å². The first kappa shape index (κ1) is 28.1. The minimum absolute atomic E-state index is 0.0226. The maximum atomic E-state index is 13.9. The van der Waals surface area contributed by atoms with Gasteiger partial charge in [0.1, 0.15) is 27.1 Å². The lowest BCUT2D eigenvalue weighted by Gasteiger charge is -2.27. The first-order valence-corrected chi connectivity index (χ1v) is 12.7. The molecule has 0 aliphatic heterocycles. The Labute approximate surface area is 218 Å². The van der Waals surface area contributed by atoms with Crippen LogP contribution in [0.3, 0.4) is 0 Å². The van der Waals surface area contributed by atoms with Gasteiger partial charge >= 0.3 is 11.7 Å². The van der Waals surface area contributed by atoms with Crippen LogP contribution in [0.2, 0.25) is 0 Å². The van der Waals surface area contributed by atoms with Crippen molar-refractivity contribution in [2.75, 3.05) is 13.7 Å². The highest BCUT2D eigenvalue weighted by molar-refractivity contribution is 7.20. The molecule has 3 aromatic rings. The molecule has 2 aromatic heterocycles. The summed E-state index contributed by atoms with van der Waals surface area (Å²) in [7, 11) is 1.54. The van der Waals surface area contributed by atoms with Gasteiger partial charge in [-0.05, 0) is 53.2 Å². The molecule has 0 spiro atoms. The summed E-state index contributed by atoms with van der Waals surface area (Å²) in [6.45, 7) is 9.97. The summed E-state index contributed by atoms with van der Waals surface area (Å²) in [5.41, 5.74) is 3.58. The Morgan fingerprint density at radius 1 is 1.16 bits per heavy atom. The number of aryl methyl sites for hydroxylation is 1. The van der Waals surface area contributed by atoms with E-state index in [1.165, 1.54) is 18.4 Å². The summed E-state index contributed by atoms with van der Waals surface area (Å²) in [5, 5.41) is 0.144. The zero-order valence-corrected chi connectivity index (χ0v) is 22.9. The fourth-order valence-corrected chi connectivity index (χ4v) is 5.34. The molecule has 0 radical (unpaired) electrons.